The van der Waals surface area contributed by atoms with Gasteiger partial charge in [0.1, 0.15) is 4.88 Å². The van der Waals surface area contributed by atoms with E-state index in [0.29, 0.717) is 20.8 Å². The second-order valence-corrected chi connectivity index (χ2v) is 7.30. The van der Waals surface area contributed by atoms with Gasteiger partial charge in [-0.05, 0) is 31.0 Å². The summed E-state index contributed by atoms with van der Waals surface area (Å²) in [5.41, 5.74) is 0. The number of rotatable bonds is 2. The van der Waals surface area contributed by atoms with Gasteiger partial charge in [-0.1, -0.05) is 36.2 Å². The monoisotopic (exact) mass is 342 g/mol. The first kappa shape index (κ1) is 15.1. The molecule has 0 aliphatic carbocycles. The summed E-state index contributed by atoms with van der Waals surface area (Å²) >= 11 is 13.7. The van der Waals surface area contributed by atoms with Crippen LogP contribution in [-0.2, 0) is 0 Å². The lowest BCUT2D eigenvalue weighted by Gasteiger charge is -2.30. The van der Waals surface area contributed by atoms with Gasteiger partial charge in [-0.15, -0.1) is 11.3 Å². The molecule has 1 aliphatic heterocycles. The average Bonchev–Trinajstić information content (AvgIpc) is 2.78. The van der Waals surface area contributed by atoms with Crippen molar-refractivity contribution in [3.8, 4) is 0 Å². The maximum Gasteiger partial charge on any atom is 0.263 e. The highest BCUT2D eigenvalue weighted by atomic mass is 35.5. The summed E-state index contributed by atoms with van der Waals surface area (Å²) in [5.74, 6) is 0.371. The molecular weight excluding hydrogens is 327 g/mol. The number of carbonyl (C=O) groups excluding carboxylic acids is 1. The van der Waals surface area contributed by atoms with Crippen LogP contribution in [0.25, 0.3) is 10.1 Å². The van der Waals surface area contributed by atoms with E-state index in [0.717, 1.165) is 29.6 Å². The zero-order chi connectivity index (χ0) is 15.0. The molecule has 21 heavy (non-hydrogen) atoms. The van der Waals surface area contributed by atoms with Gasteiger partial charge in [0.15, 0.2) is 0 Å². The quantitative estimate of drug-likeness (QED) is 0.867. The van der Waals surface area contributed by atoms with E-state index in [2.05, 4.69) is 17.6 Å². The number of thiophene rings is 1. The number of halogens is 2. The number of hydrogen-bond acceptors (Lipinski definition) is 3. The summed E-state index contributed by atoms with van der Waals surface area (Å²) in [4.78, 5) is 13.0. The zero-order valence-corrected chi connectivity index (χ0v) is 13.9. The number of hydrogen-bond donors (Lipinski definition) is 2. The third-order valence-electron chi connectivity index (χ3n) is 3.94. The lowest BCUT2D eigenvalue weighted by atomic mass is 9.95. The van der Waals surface area contributed by atoms with Gasteiger partial charge in [-0.25, -0.2) is 0 Å². The normalized spacial score (nSPS) is 22.4. The van der Waals surface area contributed by atoms with Crippen molar-refractivity contribution in [1.82, 2.24) is 10.6 Å². The van der Waals surface area contributed by atoms with Gasteiger partial charge < -0.3 is 10.6 Å². The predicted octanol–water partition coefficient (Wildman–Crippen LogP) is 3.94. The summed E-state index contributed by atoms with van der Waals surface area (Å²) in [6.07, 6.45) is 1.07. The predicted molar refractivity (Wildman–Crippen MR) is 89.7 cm³/mol. The molecule has 3 rings (SSSR count). The highest BCUT2D eigenvalue weighted by Crippen LogP contribution is 2.36. The van der Waals surface area contributed by atoms with E-state index in [-0.39, 0.29) is 11.9 Å². The van der Waals surface area contributed by atoms with E-state index in [1.807, 2.05) is 12.1 Å². The fourth-order valence-electron chi connectivity index (χ4n) is 2.60. The number of benzene rings is 1. The fourth-order valence-corrected chi connectivity index (χ4v) is 4.30. The molecule has 2 atom stereocenters. The van der Waals surface area contributed by atoms with Crippen molar-refractivity contribution in [2.24, 2.45) is 5.92 Å². The van der Waals surface area contributed by atoms with E-state index in [9.17, 15) is 4.79 Å². The van der Waals surface area contributed by atoms with E-state index in [4.69, 9.17) is 23.2 Å². The largest absolute Gasteiger partial charge is 0.347 e. The Hall–Kier alpha value is -0.810. The summed E-state index contributed by atoms with van der Waals surface area (Å²) in [6.45, 7) is 3.98. The molecule has 2 aromatic rings. The molecule has 0 radical (unpaired) electrons. The first-order valence-electron chi connectivity index (χ1n) is 6.95. The maximum atomic E-state index is 12.5. The minimum absolute atomic E-state index is 0.0992. The SMILES string of the molecule is CC1CCNCC1NC(=O)c1sc2cc(Cl)ccc2c1Cl. The van der Waals surface area contributed by atoms with Crippen LogP contribution < -0.4 is 10.6 Å². The van der Waals surface area contributed by atoms with E-state index < -0.39 is 0 Å². The van der Waals surface area contributed by atoms with Gasteiger partial charge >= 0.3 is 0 Å². The number of carbonyl (C=O) groups is 1. The van der Waals surface area contributed by atoms with Gasteiger partial charge in [0.05, 0.1) is 5.02 Å². The molecule has 0 bridgehead atoms. The van der Waals surface area contributed by atoms with Crippen molar-refractivity contribution in [3.05, 3.63) is 33.1 Å². The molecule has 1 aliphatic rings. The van der Waals surface area contributed by atoms with Crippen LogP contribution in [0.15, 0.2) is 18.2 Å². The molecule has 3 nitrogen and oxygen atoms in total. The molecule has 1 saturated heterocycles. The van der Waals surface area contributed by atoms with Gasteiger partial charge in [-0.3, -0.25) is 4.79 Å². The Morgan fingerprint density at radius 3 is 3.00 bits per heavy atom. The van der Waals surface area contributed by atoms with Crippen LogP contribution >= 0.6 is 34.5 Å². The van der Waals surface area contributed by atoms with Crippen LogP contribution in [0.4, 0.5) is 0 Å². The van der Waals surface area contributed by atoms with Gasteiger partial charge in [-0.2, -0.15) is 0 Å². The number of fused-ring (bicyclic) bond motifs is 1. The lowest BCUT2D eigenvalue weighted by Crippen LogP contribution is -2.50. The van der Waals surface area contributed by atoms with Crippen LogP contribution in [-0.4, -0.2) is 25.0 Å². The Kier molecular flexibility index (Phi) is 4.41. The summed E-state index contributed by atoms with van der Waals surface area (Å²) in [7, 11) is 0. The first-order chi connectivity index (χ1) is 10.1. The van der Waals surface area contributed by atoms with Crippen LogP contribution in [0.5, 0.6) is 0 Å². The molecule has 1 amide bonds. The Bertz CT molecular complexity index is 686. The van der Waals surface area contributed by atoms with Gasteiger partial charge in [0.2, 0.25) is 0 Å². The molecule has 2 unspecified atom stereocenters. The van der Waals surface area contributed by atoms with Crippen molar-refractivity contribution < 1.29 is 4.79 Å². The highest BCUT2D eigenvalue weighted by Gasteiger charge is 2.25. The lowest BCUT2D eigenvalue weighted by molar-refractivity contribution is 0.0919. The van der Waals surface area contributed by atoms with Crippen LogP contribution in [0.1, 0.15) is 23.0 Å². The topological polar surface area (TPSA) is 41.1 Å². The number of piperidine rings is 1. The van der Waals surface area contributed by atoms with Crippen molar-refractivity contribution >= 4 is 50.5 Å². The Morgan fingerprint density at radius 2 is 2.24 bits per heavy atom. The summed E-state index contributed by atoms with van der Waals surface area (Å²) < 4.78 is 0.937. The second kappa shape index (κ2) is 6.13. The molecule has 6 heteroatoms. The van der Waals surface area contributed by atoms with E-state index >= 15 is 0 Å². The molecule has 1 fully saturated rings. The molecule has 0 spiro atoms. The fraction of sp³-hybridized carbons (Fsp3) is 0.400. The average molecular weight is 343 g/mol. The first-order valence-corrected chi connectivity index (χ1v) is 8.52. The highest BCUT2D eigenvalue weighted by molar-refractivity contribution is 7.21. The maximum absolute atomic E-state index is 12.5. The van der Waals surface area contributed by atoms with Crippen molar-refractivity contribution in [2.45, 2.75) is 19.4 Å². The molecule has 1 aromatic heterocycles. The molecule has 1 aromatic carbocycles. The smallest absolute Gasteiger partial charge is 0.263 e. The minimum atomic E-state index is -0.0992. The summed E-state index contributed by atoms with van der Waals surface area (Å²) in [6, 6.07) is 5.64. The third-order valence-corrected chi connectivity index (χ3v) is 5.83. The molecule has 0 saturated carbocycles. The van der Waals surface area contributed by atoms with Gasteiger partial charge in [0.25, 0.3) is 5.91 Å². The van der Waals surface area contributed by atoms with Crippen molar-refractivity contribution in [2.75, 3.05) is 13.1 Å². The number of amides is 1. The molecule has 2 N–H and O–H groups in total. The van der Waals surface area contributed by atoms with Crippen LogP contribution in [0.2, 0.25) is 10.0 Å². The van der Waals surface area contributed by atoms with E-state index in [1.54, 1.807) is 6.07 Å². The van der Waals surface area contributed by atoms with Crippen molar-refractivity contribution in [1.29, 1.82) is 0 Å². The Morgan fingerprint density at radius 1 is 1.43 bits per heavy atom. The van der Waals surface area contributed by atoms with E-state index in [1.165, 1.54) is 11.3 Å². The second-order valence-electron chi connectivity index (χ2n) is 5.44. The number of nitrogens with one attached hydrogen (secondary N) is 2. The molecule has 2 heterocycles. The third kappa shape index (κ3) is 3.04. The van der Waals surface area contributed by atoms with Crippen LogP contribution in [0, 0.1) is 5.92 Å². The zero-order valence-electron chi connectivity index (χ0n) is 11.6. The van der Waals surface area contributed by atoms with Crippen LogP contribution in [0.3, 0.4) is 0 Å². The Labute approximate surface area is 137 Å². The minimum Gasteiger partial charge on any atom is -0.347 e. The van der Waals surface area contributed by atoms with Crippen molar-refractivity contribution in [3.63, 3.8) is 0 Å². The van der Waals surface area contributed by atoms with Gasteiger partial charge in [0, 0.05) is 27.7 Å². The standard InChI is InChI=1S/C15H16Cl2N2OS/c1-8-4-5-18-7-11(8)19-15(20)14-13(17)10-3-2-9(16)6-12(10)21-14/h2-3,6,8,11,18H,4-5,7H2,1H3,(H,19,20). The molecule has 112 valence electrons. The summed E-state index contributed by atoms with van der Waals surface area (Å²) in [5, 5.41) is 8.45. The molecular formula is C15H16Cl2N2OS. The Balaban J connectivity index is 1.85.